The van der Waals surface area contributed by atoms with E-state index in [2.05, 4.69) is 26.9 Å². The highest BCUT2D eigenvalue weighted by Crippen LogP contribution is 2.44. The molecule has 0 saturated heterocycles. The highest BCUT2D eigenvalue weighted by molar-refractivity contribution is 9.10. The van der Waals surface area contributed by atoms with Gasteiger partial charge in [0.05, 0.1) is 19.8 Å². The Kier molecular flexibility index (Phi) is 6.77. The number of methoxy groups -OCH3 is 2. The van der Waals surface area contributed by atoms with Crippen LogP contribution in [0.3, 0.4) is 0 Å². The van der Waals surface area contributed by atoms with Gasteiger partial charge in [-0.05, 0) is 42.8 Å². The van der Waals surface area contributed by atoms with Crippen LogP contribution in [-0.4, -0.2) is 50.1 Å². The third kappa shape index (κ3) is 4.71. The molecule has 5 nitrogen and oxygen atoms in total. The zero-order valence-electron chi connectivity index (χ0n) is 16.7. The largest absolute Gasteiger partial charge is 0.506 e. The van der Waals surface area contributed by atoms with Crippen molar-refractivity contribution in [2.75, 3.05) is 34.4 Å². The summed E-state index contributed by atoms with van der Waals surface area (Å²) in [4.78, 5) is 15.2. The van der Waals surface area contributed by atoms with Gasteiger partial charge in [-0.3, -0.25) is 4.79 Å². The molecule has 1 aliphatic heterocycles. The van der Waals surface area contributed by atoms with Crippen LogP contribution in [0.1, 0.15) is 27.9 Å². The molecule has 0 unspecified atom stereocenters. The first-order valence-corrected chi connectivity index (χ1v) is 10.1. The average Bonchev–Trinajstić information content (AvgIpc) is 2.72. The average molecular weight is 458 g/mol. The number of benzene rings is 2. The summed E-state index contributed by atoms with van der Waals surface area (Å²) in [7, 11) is 5.06. The molecular weight excluding hydrogens is 434 g/mol. The van der Waals surface area contributed by atoms with Crippen molar-refractivity contribution in [2.24, 2.45) is 0 Å². The summed E-state index contributed by atoms with van der Waals surface area (Å²) in [6.07, 6.45) is 5.97. The summed E-state index contributed by atoms with van der Waals surface area (Å²) < 4.78 is 11.8. The lowest BCUT2D eigenvalue weighted by Gasteiger charge is -2.24. The molecule has 2 aromatic rings. The van der Waals surface area contributed by atoms with Gasteiger partial charge in [0.25, 0.3) is 0 Å². The number of carbonyl (C=O) groups is 1. The predicted molar refractivity (Wildman–Crippen MR) is 119 cm³/mol. The summed E-state index contributed by atoms with van der Waals surface area (Å²) in [6, 6.07) is 9.27. The Morgan fingerprint density at radius 3 is 2.59 bits per heavy atom. The van der Waals surface area contributed by atoms with Crippen LogP contribution in [0.15, 0.2) is 47.0 Å². The number of hydrogen-bond acceptors (Lipinski definition) is 5. The van der Waals surface area contributed by atoms with E-state index in [-0.39, 0.29) is 22.8 Å². The minimum atomic E-state index is -0.336. The van der Waals surface area contributed by atoms with Gasteiger partial charge >= 0.3 is 0 Å². The van der Waals surface area contributed by atoms with Crippen molar-refractivity contribution >= 4 is 33.4 Å². The lowest BCUT2D eigenvalue weighted by molar-refractivity contribution is 0.104. The maximum absolute atomic E-state index is 13.0. The number of ether oxygens (including phenoxy) is 2. The van der Waals surface area contributed by atoms with Crippen molar-refractivity contribution in [1.29, 1.82) is 0 Å². The fraction of sp³-hybridized carbons (Fsp3) is 0.261. The van der Waals surface area contributed by atoms with Crippen molar-refractivity contribution in [3.63, 3.8) is 0 Å². The highest BCUT2D eigenvalue weighted by atomic mass is 79.9. The number of allylic oxidation sites excluding steroid dienone is 1. The van der Waals surface area contributed by atoms with Crippen LogP contribution in [0.4, 0.5) is 0 Å². The molecule has 152 valence electrons. The molecule has 0 fully saturated rings. The van der Waals surface area contributed by atoms with Crippen molar-refractivity contribution < 1.29 is 19.4 Å². The smallest absolute Gasteiger partial charge is 0.193 e. The first-order chi connectivity index (χ1) is 13.9. The van der Waals surface area contributed by atoms with E-state index in [4.69, 9.17) is 9.47 Å². The molecule has 0 aromatic heterocycles. The molecule has 3 rings (SSSR count). The van der Waals surface area contributed by atoms with E-state index in [1.165, 1.54) is 13.2 Å². The Balaban J connectivity index is 2.05. The van der Waals surface area contributed by atoms with E-state index in [0.717, 1.165) is 35.1 Å². The number of ketones is 1. The summed E-state index contributed by atoms with van der Waals surface area (Å²) in [6.45, 7) is 1.64. The molecule has 1 N–H and O–H groups in total. The Bertz CT molecular complexity index is 981. The lowest BCUT2D eigenvalue weighted by atomic mass is 9.93. The van der Waals surface area contributed by atoms with E-state index < -0.39 is 0 Å². The SMILES string of the molecule is COc1cc(OC)c(C2=CCN(C)CC2)c(O)c1C(=O)/C=C/c1cccc(Br)c1. The number of nitrogens with zero attached hydrogens (tertiary/aromatic N) is 1. The van der Waals surface area contributed by atoms with Crippen LogP contribution in [0, 0.1) is 0 Å². The van der Waals surface area contributed by atoms with Gasteiger partial charge in [-0.15, -0.1) is 0 Å². The normalized spacial score (nSPS) is 14.7. The maximum atomic E-state index is 13.0. The minimum absolute atomic E-state index is 0.110. The number of hydrogen-bond donors (Lipinski definition) is 1. The number of rotatable bonds is 6. The number of likely N-dealkylation sites (N-methyl/N-ethyl adjacent to an activating group) is 1. The number of carbonyl (C=O) groups excluding carboxylic acids is 1. The van der Waals surface area contributed by atoms with E-state index >= 15 is 0 Å². The van der Waals surface area contributed by atoms with Gasteiger partial charge in [0, 0.05) is 23.6 Å². The zero-order valence-corrected chi connectivity index (χ0v) is 18.3. The molecule has 0 radical (unpaired) electrons. The molecule has 6 heteroatoms. The summed E-state index contributed by atoms with van der Waals surface area (Å²) >= 11 is 3.42. The first-order valence-electron chi connectivity index (χ1n) is 9.28. The molecule has 0 bridgehead atoms. The van der Waals surface area contributed by atoms with Gasteiger partial charge in [-0.2, -0.15) is 0 Å². The van der Waals surface area contributed by atoms with Gasteiger partial charge in [0.1, 0.15) is 22.8 Å². The zero-order chi connectivity index (χ0) is 21.0. The molecule has 0 saturated carbocycles. The van der Waals surface area contributed by atoms with Crippen LogP contribution in [-0.2, 0) is 0 Å². The Morgan fingerprint density at radius 2 is 1.97 bits per heavy atom. The molecule has 0 amide bonds. The van der Waals surface area contributed by atoms with Crippen LogP contribution in [0.2, 0.25) is 0 Å². The Labute approximate surface area is 179 Å². The van der Waals surface area contributed by atoms with E-state index in [1.54, 1.807) is 19.3 Å². The second kappa shape index (κ2) is 9.29. The summed E-state index contributed by atoms with van der Waals surface area (Å²) in [5.41, 5.74) is 2.53. The molecule has 0 atom stereocenters. The summed E-state index contributed by atoms with van der Waals surface area (Å²) in [5, 5.41) is 11.1. The molecular formula is C23H24BrNO4. The Morgan fingerprint density at radius 1 is 1.21 bits per heavy atom. The minimum Gasteiger partial charge on any atom is -0.506 e. The molecule has 1 aliphatic rings. The standard InChI is InChI=1S/C23H24BrNO4/c1-25-11-9-16(10-12-25)21-19(28-2)14-20(29-3)22(23(21)27)18(26)8-7-15-5-4-6-17(24)13-15/h4-9,13-14,27H,10-12H2,1-3H3/b8-7+. The quantitative estimate of drug-likeness (QED) is 0.499. The third-order valence-corrected chi connectivity index (χ3v) is 5.42. The molecule has 1 heterocycles. The second-order valence-corrected chi connectivity index (χ2v) is 7.79. The Hall–Kier alpha value is -2.57. The van der Waals surface area contributed by atoms with Crippen molar-refractivity contribution in [2.45, 2.75) is 6.42 Å². The van der Waals surface area contributed by atoms with Crippen LogP contribution < -0.4 is 9.47 Å². The summed E-state index contributed by atoms with van der Waals surface area (Å²) in [5.74, 6) is 0.320. The van der Waals surface area contributed by atoms with Crippen molar-refractivity contribution in [3.8, 4) is 17.2 Å². The van der Waals surface area contributed by atoms with Crippen molar-refractivity contribution in [3.05, 3.63) is 63.6 Å². The topological polar surface area (TPSA) is 59.0 Å². The van der Waals surface area contributed by atoms with Crippen molar-refractivity contribution in [1.82, 2.24) is 4.90 Å². The number of phenols is 1. The highest BCUT2D eigenvalue weighted by Gasteiger charge is 2.26. The van der Waals surface area contributed by atoms with E-state index in [0.29, 0.717) is 11.3 Å². The molecule has 0 spiro atoms. The van der Waals surface area contributed by atoms with Crippen LogP contribution in [0.5, 0.6) is 17.2 Å². The number of phenolic OH excluding ortho intramolecular Hbond substituents is 1. The van der Waals surface area contributed by atoms with Gasteiger partial charge in [-0.1, -0.05) is 40.2 Å². The van der Waals surface area contributed by atoms with Gasteiger partial charge in [0.15, 0.2) is 5.78 Å². The van der Waals surface area contributed by atoms with Gasteiger partial charge in [-0.25, -0.2) is 0 Å². The van der Waals surface area contributed by atoms with Crippen LogP contribution in [0.25, 0.3) is 11.6 Å². The lowest BCUT2D eigenvalue weighted by Crippen LogP contribution is -2.23. The first kappa shape index (κ1) is 21.1. The molecule has 0 aliphatic carbocycles. The molecule has 29 heavy (non-hydrogen) atoms. The maximum Gasteiger partial charge on any atom is 0.193 e. The van der Waals surface area contributed by atoms with E-state index in [1.807, 2.05) is 31.3 Å². The fourth-order valence-electron chi connectivity index (χ4n) is 3.36. The number of halogens is 1. The predicted octanol–water partition coefficient (Wildman–Crippen LogP) is 4.79. The van der Waals surface area contributed by atoms with E-state index in [9.17, 15) is 9.90 Å². The van der Waals surface area contributed by atoms with Gasteiger partial charge in [0.2, 0.25) is 0 Å². The number of aromatic hydroxyl groups is 1. The second-order valence-electron chi connectivity index (χ2n) is 6.87. The third-order valence-electron chi connectivity index (χ3n) is 4.92. The fourth-order valence-corrected chi connectivity index (χ4v) is 3.77. The van der Waals surface area contributed by atoms with Crippen LogP contribution >= 0.6 is 15.9 Å². The van der Waals surface area contributed by atoms with Gasteiger partial charge < -0.3 is 19.5 Å². The monoisotopic (exact) mass is 457 g/mol. The molecule has 2 aromatic carbocycles.